The van der Waals surface area contributed by atoms with E-state index in [0.29, 0.717) is 32.7 Å². The molecule has 2 rings (SSSR count). The zero-order chi connectivity index (χ0) is 16.8. The lowest BCUT2D eigenvalue weighted by atomic mass is 10.2. The molecular formula is C16H14Cl2N2O3. The summed E-state index contributed by atoms with van der Waals surface area (Å²) >= 11 is 11.7. The van der Waals surface area contributed by atoms with Crippen LogP contribution >= 0.6 is 23.2 Å². The number of carbonyl (C=O) groups is 1. The van der Waals surface area contributed by atoms with E-state index in [0.717, 1.165) is 0 Å². The molecule has 5 nitrogen and oxygen atoms in total. The molecule has 1 amide bonds. The van der Waals surface area contributed by atoms with Crippen molar-refractivity contribution in [3.05, 3.63) is 57.6 Å². The molecule has 0 aliphatic rings. The highest BCUT2D eigenvalue weighted by Crippen LogP contribution is 2.23. The number of halogens is 2. The normalized spacial score (nSPS) is 10.6. The highest BCUT2D eigenvalue weighted by atomic mass is 35.5. The molecule has 0 radical (unpaired) electrons. The van der Waals surface area contributed by atoms with Crippen molar-refractivity contribution in [1.82, 2.24) is 5.43 Å². The van der Waals surface area contributed by atoms with Crippen LogP contribution in [0.1, 0.15) is 15.9 Å². The molecule has 0 saturated carbocycles. The summed E-state index contributed by atoms with van der Waals surface area (Å²) in [6, 6.07) is 9.85. The van der Waals surface area contributed by atoms with Gasteiger partial charge in [0.25, 0.3) is 5.91 Å². The first kappa shape index (κ1) is 17.1. The smallest absolute Gasteiger partial charge is 0.271 e. The number of hydrazone groups is 1. The fourth-order valence-electron chi connectivity index (χ4n) is 1.80. The van der Waals surface area contributed by atoms with Gasteiger partial charge in [0.05, 0.1) is 30.5 Å². The Labute approximate surface area is 143 Å². The summed E-state index contributed by atoms with van der Waals surface area (Å²) in [5, 5.41) is 4.60. The Morgan fingerprint density at radius 1 is 1.09 bits per heavy atom. The standard InChI is InChI=1S/C16H14Cl2N2O3/c1-22-12-4-6-15(23-2)11(7-12)9-19-20-16(21)10-3-5-13(17)14(18)8-10/h3-9H,1-2H3,(H,20,21)/b19-9+. The van der Waals surface area contributed by atoms with E-state index in [9.17, 15) is 4.79 Å². The van der Waals surface area contributed by atoms with Crippen LogP contribution in [0, 0.1) is 0 Å². The third-order valence-corrected chi connectivity index (χ3v) is 3.73. The van der Waals surface area contributed by atoms with Crippen LogP contribution < -0.4 is 14.9 Å². The lowest BCUT2D eigenvalue weighted by molar-refractivity contribution is 0.0955. The topological polar surface area (TPSA) is 59.9 Å². The number of amides is 1. The molecule has 0 atom stereocenters. The summed E-state index contributed by atoms with van der Waals surface area (Å²) in [5.41, 5.74) is 3.44. The van der Waals surface area contributed by atoms with E-state index in [1.165, 1.54) is 12.3 Å². The molecule has 0 fully saturated rings. The van der Waals surface area contributed by atoms with E-state index in [1.807, 2.05) is 0 Å². The maximum absolute atomic E-state index is 12.0. The number of carbonyl (C=O) groups excluding carboxylic acids is 1. The van der Waals surface area contributed by atoms with Crippen LogP contribution in [-0.4, -0.2) is 26.3 Å². The van der Waals surface area contributed by atoms with Crippen LogP contribution in [0.3, 0.4) is 0 Å². The van der Waals surface area contributed by atoms with E-state index in [1.54, 1.807) is 44.6 Å². The molecule has 0 bridgehead atoms. The number of ether oxygens (including phenoxy) is 2. The van der Waals surface area contributed by atoms with E-state index >= 15 is 0 Å². The second-order valence-corrected chi connectivity index (χ2v) is 5.25. The molecule has 0 aliphatic carbocycles. The van der Waals surface area contributed by atoms with Crippen molar-refractivity contribution in [2.24, 2.45) is 5.10 Å². The predicted octanol–water partition coefficient (Wildman–Crippen LogP) is 3.77. The molecule has 0 saturated heterocycles. The van der Waals surface area contributed by atoms with Crippen molar-refractivity contribution in [2.75, 3.05) is 14.2 Å². The van der Waals surface area contributed by atoms with Gasteiger partial charge >= 0.3 is 0 Å². The first-order chi connectivity index (χ1) is 11.0. The SMILES string of the molecule is COc1ccc(OC)c(/C=N/NC(=O)c2ccc(Cl)c(Cl)c2)c1. The summed E-state index contributed by atoms with van der Waals surface area (Å²) in [4.78, 5) is 12.0. The largest absolute Gasteiger partial charge is 0.497 e. The molecule has 0 heterocycles. The fourth-order valence-corrected chi connectivity index (χ4v) is 2.10. The average Bonchev–Trinajstić information content (AvgIpc) is 2.57. The molecule has 0 aliphatic heterocycles. The second-order valence-electron chi connectivity index (χ2n) is 4.44. The van der Waals surface area contributed by atoms with Gasteiger partial charge in [-0.15, -0.1) is 0 Å². The zero-order valence-corrected chi connectivity index (χ0v) is 14.0. The predicted molar refractivity (Wildman–Crippen MR) is 91.1 cm³/mol. The molecule has 0 unspecified atom stereocenters. The first-order valence-electron chi connectivity index (χ1n) is 6.55. The molecule has 0 aromatic heterocycles. The quantitative estimate of drug-likeness (QED) is 0.658. The van der Waals surface area contributed by atoms with Gasteiger partial charge in [-0.05, 0) is 36.4 Å². The molecule has 2 aromatic rings. The number of methoxy groups -OCH3 is 2. The Hall–Kier alpha value is -2.24. The van der Waals surface area contributed by atoms with Crippen molar-refractivity contribution >= 4 is 35.3 Å². The van der Waals surface area contributed by atoms with Crippen molar-refractivity contribution in [1.29, 1.82) is 0 Å². The number of benzene rings is 2. The molecule has 120 valence electrons. The van der Waals surface area contributed by atoms with Gasteiger partial charge in [-0.1, -0.05) is 23.2 Å². The van der Waals surface area contributed by atoms with Crippen LogP contribution in [-0.2, 0) is 0 Å². The Kier molecular flexibility index (Phi) is 5.84. The summed E-state index contributed by atoms with van der Waals surface area (Å²) in [5.74, 6) is 0.864. The van der Waals surface area contributed by atoms with Crippen LogP contribution in [0.15, 0.2) is 41.5 Å². The van der Waals surface area contributed by atoms with Crippen LogP contribution in [0.4, 0.5) is 0 Å². The van der Waals surface area contributed by atoms with Crippen molar-refractivity contribution < 1.29 is 14.3 Å². The van der Waals surface area contributed by atoms with E-state index in [2.05, 4.69) is 10.5 Å². The lowest BCUT2D eigenvalue weighted by Gasteiger charge is -2.07. The highest BCUT2D eigenvalue weighted by Gasteiger charge is 2.07. The van der Waals surface area contributed by atoms with Gasteiger partial charge in [0.15, 0.2) is 0 Å². The highest BCUT2D eigenvalue weighted by molar-refractivity contribution is 6.42. The van der Waals surface area contributed by atoms with Crippen LogP contribution in [0.25, 0.3) is 0 Å². The van der Waals surface area contributed by atoms with Crippen molar-refractivity contribution in [2.45, 2.75) is 0 Å². The summed E-state index contributed by atoms with van der Waals surface area (Å²) in [6.07, 6.45) is 1.47. The van der Waals surface area contributed by atoms with Crippen molar-refractivity contribution in [3.8, 4) is 11.5 Å². The van der Waals surface area contributed by atoms with Gasteiger partial charge in [-0.25, -0.2) is 5.43 Å². The second kappa shape index (κ2) is 7.85. The maximum atomic E-state index is 12.0. The van der Waals surface area contributed by atoms with Gasteiger partial charge in [-0.3, -0.25) is 4.79 Å². The first-order valence-corrected chi connectivity index (χ1v) is 7.31. The van der Waals surface area contributed by atoms with Gasteiger partial charge < -0.3 is 9.47 Å². The Morgan fingerprint density at radius 3 is 2.52 bits per heavy atom. The summed E-state index contributed by atoms with van der Waals surface area (Å²) in [6.45, 7) is 0. The number of nitrogens with zero attached hydrogens (tertiary/aromatic N) is 1. The van der Waals surface area contributed by atoms with Crippen LogP contribution in [0.2, 0.25) is 10.0 Å². The Balaban J connectivity index is 2.11. The Bertz CT molecular complexity index is 748. The number of nitrogens with one attached hydrogen (secondary N) is 1. The lowest BCUT2D eigenvalue weighted by Crippen LogP contribution is -2.17. The monoisotopic (exact) mass is 352 g/mol. The molecule has 2 aromatic carbocycles. The minimum atomic E-state index is -0.401. The summed E-state index contributed by atoms with van der Waals surface area (Å²) < 4.78 is 10.4. The average molecular weight is 353 g/mol. The molecule has 0 spiro atoms. The number of rotatable bonds is 5. The summed E-state index contributed by atoms with van der Waals surface area (Å²) in [7, 11) is 3.11. The van der Waals surface area contributed by atoms with Gasteiger partial charge in [-0.2, -0.15) is 5.10 Å². The van der Waals surface area contributed by atoms with Crippen LogP contribution in [0.5, 0.6) is 11.5 Å². The van der Waals surface area contributed by atoms with Gasteiger partial charge in [0.2, 0.25) is 0 Å². The number of hydrogen-bond donors (Lipinski definition) is 1. The van der Waals surface area contributed by atoms with E-state index in [-0.39, 0.29) is 0 Å². The van der Waals surface area contributed by atoms with E-state index in [4.69, 9.17) is 32.7 Å². The van der Waals surface area contributed by atoms with E-state index < -0.39 is 5.91 Å². The fraction of sp³-hybridized carbons (Fsp3) is 0.125. The molecular weight excluding hydrogens is 339 g/mol. The number of hydrogen-bond acceptors (Lipinski definition) is 4. The maximum Gasteiger partial charge on any atom is 0.271 e. The molecule has 7 heteroatoms. The zero-order valence-electron chi connectivity index (χ0n) is 12.5. The molecule has 1 N–H and O–H groups in total. The van der Waals surface area contributed by atoms with Crippen molar-refractivity contribution in [3.63, 3.8) is 0 Å². The third-order valence-electron chi connectivity index (χ3n) is 2.99. The van der Waals surface area contributed by atoms with Gasteiger partial charge in [0, 0.05) is 11.1 Å². The molecule has 23 heavy (non-hydrogen) atoms. The van der Waals surface area contributed by atoms with Gasteiger partial charge in [0.1, 0.15) is 11.5 Å². The third kappa shape index (κ3) is 4.37. The minimum absolute atomic E-state index is 0.303. The Morgan fingerprint density at radius 2 is 1.87 bits per heavy atom. The minimum Gasteiger partial charge on any atom is -0.497 e.